The number of rotatable bonds is 4. The normalized spacial score (nSPS) is 10.2. The molecule has 0 spiro atoms. The fraction of sp³-hybridized carbons (Fsp3) is 0.154. The van der Waals surface area contributed by atoms with Crippen molar-refractivity contribution in [3.8, 4) is 0 Å². The second-order valence-electron chi connectivity index (χ2n) is 3.61. The van der Waals surface area contributed by atoms with E-state index in [1.807, 2.05) is 24.5 Å². The van der Waals surface area contributed by atoms with Gasteiger partial charge in [0.1, 0.15) is 5.69 Å². The number of hydrogen-bond acceptors (Lipinski definition) is 2. The summed E-state index contributed by atoms with van der Waals surface area (Å²) in [5.74, 6) is -0.0797. The van der Waals surface area contributed by atoms with Gasteiger partial charge in [0.25, 0.3) is 5.91 Å². The Balaban J connectivity index is 1.91. The molecule has 2 rings (SSSR count). The average molecular weight is 246 g/mol. The van der Waals surface area contributed by atoms with Gasteiger partial charge in [0.2, 0.25) is 0 Å². The van der Waals surface area contributed by atoms with Gasteiger partial charge in [0.15, 0.2) is 0 Å². The van der Waals surface area contributed by atoms with Crippen LogP contribution in [0.5, 0.6) is 0 Å². The summed E-state index contributed by atoms with van der Waals surface area (Å²) in [6, 6.07) is 11.7. The van der Waals surface area contributed by atoms with E-state index in [0.717, 1.165) is 5.56 Å². The highest BCUT2D eigenvalue weighted by molar-refractivity contribution is 7.98. The maximum atomic E-state index is 11.7. The predicted octanol–water partition coefficient (Wildman–Crippen LogP) is 2.67. The van der Waals surface area contributed by atoms with Crippen molar-refractivity contribution < 1.29 is 4.79 Å². The zero-order valence-electron chi connectivity index (χ0n) is 9.57. The van der Waals surface area contributed by atoms with Gasteiger partial charge in [0.05, 0.1) is 0 Å². The highest BCUT2D eigenvalue weighted by atomic mass is 32.2. The van der Waals surface area contributed by atoms with Crippen LogP contribution in [0.15, 0.2) is 47.5 Å². The fourth-order valence-corrected chi connectivity index (χ4v) is 1.90. The van der Waals surface area contributed by atoms with E-state index in [1.165, 1.54) is 4.90 Å². The third-order valence-electron chi connectivity index (χ3n) is 2.45. The van der Waals surface area contributed by atoms with Crippen LogP contribution in [0.3, 0.4) is 0 Å². The Hall–Kier alpha value is -1.68. The van der Waals surface area contributed by atoms with Gasteiger partial charge in [-0.15, -0.1) is 11.8 Å². The number of H-pyrrole nitrogens is 1. The monoisotopic (exact) mass is 246 g/mol. The van der Waals surface area contributed by atoms with Crippen LogP contribution in [0.25, 0.3) is 0 Å². The van der Waals surface area contributed by atoms with E-state index in [1.54, 1.807) is 24.0 Å². The summed E-state index contributed by atoms with van der Waals surface area (Å²) in [5.41, 5.74) is 1.69. The largest absolute Gasteiger partial charge is 0.357 e. The zero-order chi connectivity index (χ0) is 12.1. The number of hydrogen-bond donors (Lipinski definition) is 2. The maximum Gasteiger partial charge on any atom is 0.267 e. The molecular weight excluding hydrogens is 232 g/mol. The van der Waals surface area contributed by atoms with E-state index in [9.17, 15) is 4.79 Å². The summed E-state index contributed by atoms with van der Waals surface area (Å²) in [7, 11) is 0. The van der Waals surface area contributed by atoms with Gasteiger partial charge in [-0.3, -0.25) is 4.79 Å². The number of nitrogens with one attached hydrogen (secondary N) is 2. The van der Waals surface area contributed by atoms with Crippen LogP contribution in [-0.4, -0.2) is 17.1 Å². The maximum absolute atomic E-state index is 11.7. The molecule has 0 bridgehead atoms. The molecule has 0 aliphatic rings. The van der Waals surface area contributed by atoms with Crippen molar-refractivity contribution in [1.29, 1.82) is 0 Å². The first-order valence-corrected chi connectivity index (χ1v) is 6.56. The highest BCUT2D eigenvalue weighted by Gasteiger charge is 2.04. The van der Waals surface area contributed by atoms with Gasteiger partial charge in [0, 0.05) is 17.6 Å². The van der Waals surface area contributed by atoms with Gasteiger partial charge < -0.3 is 10.3 Å². The van der Waals surface area contributed by atoms with E-state index in [0.29, 0.717) is 12.2 Å². The molecule has 0 atom stereocenters. The summed E-state index contributed by atoms with van der Waals surface area (Å²) >= 11 is 1.71. The standard InChI is InChI=1S/C13H14N2OS/c1-17-11-6-4-10(5-7-11)9-15-13(16)12-3-2-8-14-12/h2-8,14H,9H2,1H3,(H,15,16). The Bertz CT molecular complexity index is 477. The van der Waals surface area contributed by atoms with Crippen LogP contribution in [0.2, 0.25) is 0 Å². The number of thioether (sulfide) groups is 1. The molecule has 0 unspecified atom stereocenters. The van der Waals surface area contributed by atoms with Crippen LogP contribution >= 0.6 is 11.8 Å². The second kappa shape index (κ2) is 5.59. The van der Waals surface area contributed by atoms with Crippen LogP contribution in [0.1, 0.15) is 16.1 Å². The first-order chi connectivity index (χ1) is 8.29. The minimum atomic E-state index is -0.0797. The van der Waals surface area contributed by atoms with E-state index >= 15 is 0 Å². The Kier molecular flexibility index (Phi) is 3.88. The molecule has 3 nitrogen and oxygen atoms in total. The van der Waals surface area contributed by atoms with Crippen molar-refractivity contribution in [3.63, 3.8) is 0 Å². The quantitative estimate of drug-likeness (QED) is 0.815. The molecule has 1 aromatic heterocycles. The lowest BCUT2D eigenvalue weighted by atomic mass is 10.2. The minimum absolute atomic E-state index is 0.0797. The Morgan fingerprint density at radius 3 is 2.65 bits per heavy atom. The third kappa shape index (κ3) is 3.14. The van der Waals surface area contributed by atoms with E-state index < -0.39 is 0 Å². The molecule has 0 saturated carbocycles. The van der Waals surface area contributed by atoms with E-state index in [-0.39, 0.29) is 5.91 Å². The molecule has 0 aliphatic carbocycles. The average Bonchev–Trinajstić information content (AvgIpc) is 2.90. The molecular formula is C13H14N2OS. The zero-order valence-corrected chi connectivity index (χ0v) is 10.4. The van der Waals surface area contributed by atoms with Gasteiger partial charge in [-0.1, -0.05) is 12.1 Å². The first kappa shape index (κ1) is 11.8. The van der Waals surface area contributed by atoms with Crippen molar-refractivity contribution >= 4 is 17.7 Å². The van der Waals surface area contributed by atoms with Gasteiger partial charge in [-0.05, 0) is 36.1 Å². The second-order valence-corrected chi connectivity index (χ2v) is 4.49. The smallest absolute Gasteiger partial charge is 0.267 e. The molecule has 0 fully saturated rings. The molecule has 1 amide bonds. The van der Waals surface area contributed by atoms with Gasteiger partial charge >= 0.3 is 0 Å². The van der Waals surface area contributed by atoms with Crippen molar-refractivity contribution in [3.05, 3.63) is 53.9 Å². The van der Waals surface area contributed by atoms with Crippen LogP contribution in [-0.2, 0) is 6.54 Å². The molecule has 0 aliphatic heterocycles. The van der Waals surface area contributed by atoms with Crippen LogP contribution in [0, 0.1) is 0 Å². The molecule has 0 saturated heterocycles. The number of benzene rings is 1. The predicted molar refractivity (Wildman–Crippen MR) is 70.2 cm³/mol. The van der Waals surface area contributed by atoms with Crippen LogP contribution < -0.4 is 5.32 Å². The number of carbonyl (C=O) groups is 1. The molecule has 2 N–H and O–H groups in total. The highest BCUT2D eigenvalue weighted by Crippen LogP contribution is 2.14. The molecule has 17 heavy (non-hydrogen) atoms. The Labute approximate surface area is 105 Å². The lowest BCUT2D eigenvalue weighted by molar-refractivity contribution is 0.0946. The number of amides is 1. The number of aromatic amines is 1. The lowest BCUT2D eigenvalue weighted by Crippen LogP contribution is -2.22. The van der Waals surface area contributed by atoms with Crippen molar-refractivity contribution in [2.24, 2.45) is 0 Å². The van der Waals surface area contributed by atoms with Gasteiger partial charge in [-0.2, -0.15) is 0 Å². The summed E-state index contributed by atoms with van der Waals surface area (Å²) in [4.78, 5) is 15.8. The Morgan fingerprint density at radius 2 is 2.06 bits per heavy atom. The summed E-state index contributed by atoms with van der Waals surface area (Å²) in [6.45, 7) is 0.548. The summed E-state index contributed by atoms with van der Waals surface area (Å²) in [6.07, 6.45) is 3.78. The molecule has 88 valence electrons. The lowest BCUT2D eigenvalue weighted by Gasteiger charge is -2.04. The SMILES string of the molecule is CSc1ccc(CNC(=O)c2ccc[nH]2)cc1. The number of carbonyl (C=O) groups excluding carboxylic acids is 1. The molecule has 2 aromatic rings. The topological polar surface area (TPSA) is 44.9 Å². The van der Waals surface area contributed by atoms with E-state index in [4.69, 9.17) is 0 Å². The van der Waals surface area contributed by atoms with Gasteiger partial charge in [-0.25, -0.2) is 0 Å². The van der Waals surface area contributed by atoms with Crippen LogP contribution in [0.4, 0.5) is 0 Å². The van der Waals surface area contributed by atoms with Crippen molar-refractivity contribution in [2.75, 3.05) is 6.26 Å². The first-order valence-electron chi connectivity index (χ1n) is 5.34. The fourth-order valence-electron chi connectivity index (χ4n) is 1.49. The van der Waals surface area contributed by atoms with Crippen molar-refractivity contribution in [1.82, 2.24) is 10.3 Å². The van der Waals surface area contributed by atoms with E-state index in [2.05, 4.69) is 22.4 Å². The minimum Gasteiger partial charge on any atom is -0.357 e. The summed E-state index contributed by atoms with van der Waals surface area (Å²) in [5, 5.41) is 2.86. The number of aromatic nitrogens is 1. The molecule has 1 aromatic carbocycles. The third-order valence-corrected chi connectivity index (χ3v) is 3.20. The Morgan fingerprint density at radius 1 is 1.29 bits per heavy atom. The van der Waals surface area contributed by atoms with Crippen molar-refractivity contribution in [2.45, 2.75) is 11.4 Å². The molecule has 4 heteroatoms. The molecule has 0 radical (unpaired) electrons. The molecule has 1 heterocycles. The summed E-state index contributed by atoms with van der Waals surface area (Å²) < 4.78 is 0.